The fourth-order valence-corrected chi connectivity index (χ4v) is 6.46. The van der Waals surface area contributed by atoms with E-state index in [-0.39, 0.29) is 29.1 Å². The number of carbonyl (C=O) groups is 1. The molecule has 2 heterocycles. The summed E-state index contributed by atoms with van der Waals surface area (Å²) in [5.41, 5.74) is 1.71. The molecule has 170 valence electrons. The standard InChI is InChI=1S/C22H22Cl2N2O4S2/c1-14-11-16(24)12-19-21(14)25-22(31-19)26(13-17-3-2-9-30-17)20(27)8-10-32(28,29)18-6-4-15(23)5-7-18/h4-7,11-12,17H,2-3,8-10,13H2,1H3. The summed E-state index contributed by atoms with van der Waals surface area (Å²) in [4.78, 5) is 19.6. The molecular weight excluding hydrogens is 491 g/mol. The quantitative estimate of drug-likeness (QED) is 0.429. The maximum atomic E-state index is 13.2. The lowest BCUT2D eigenvalue weighted by atomic mass is 10.2. The number of rotatable bonds is 7. The number of halogens is 2. The number of benzene rings is 2. The number of aryl methyl sites for hydroxylation is 1. The molecule has 1 amide bonds. The van der Waals surface area contributed by atoms with E-state index in [0.29, 0.717) is 28.3 Å². The normalized spacial score (nSPS) is 16.5. The first-order chi connectivity index (χ1) is 15.2. The van der Waals surface area contributed by atoms with Crippen molar-refractivity contribution in [2.24, 2.45) is 0 Å². The molecule has 1 atom stereocenters. The van der Waals surface area contributed by atoms with Crippen molar-refractivity contribution in [3.8, 4) is 0 Å². The highest BCUT2D eigenvalue weighted by Gasteiger charge is 2.28. The third-order valence-electron chi connectivity index (χ3n) is 5.34. The zero-order valence-electron chi connectivity index (χ0n) is 17.4. The number of anilines is 1. The summed E-state index contributed by atoms with van der Waals surface area (Å²) < 4.78 is 32.0. The summed E-state index contributed by atoms with van der Waals surface area (Å²) in [5, 5.41) is 1.58. The Labute approximate surface area is 201 Å². The molecule has 6 nitrogen and oxygen atoms in total. The molecule has 32 heavy (non-hydrogen) atoms. The van der Waals surface area contributed by atoms with E-state index in [1.807, 2.05) is 19.1 Å². The van der Waals surface area contributed by atoms with Gasteiger partial charge in [0, 0.05) is 23.1 Å². The van der Waals surface area contributed by atoms with Crippen LogP contribution in [0, 0.1) is 6.92 Å². The van der Waals surface area contributed by atoms with Crippen molar-refractivity contribution in [1.82, 2.24) is 4.98 Å². The average Bonchev–Trinajstić information content (AvgIpc) is 3.40. The first kappa shape index (κ1) is 23.4. The van der Waals surface area contributed by atoms with Crippen LogP contribution in [0.2, 0.25) is 10.0 Å². The minimum absolute atomic E-state index is 0.0940. The lowest BCUT2D eigenvalue weighted by molar-refractivity contribution is -0.118. The molecule has 1 aliphatic heterocycles. The van der Waals surface area contributed by atoms with Crippen LogP contribution in [-0.4, -0.2) is 44.3 Å². The van der Waals surface area contributed by atoms with Gasteiger partial charge in [-0.05, 0) is 61.7 Å². The Morgan fingerprint density at radius 2 is 1.97 bits per heavy atom. The summed E-state index contributed by atoms with van der Waals surface area (Å²) in [7, 11) is -3.62. The first-order valence-electron chi connectivity index (χ1n) is 10.2. The fourth-order valence-electron chi connectivity index (χ4n) is 3.65. The number of aromatic nitrogens is 1. The van der Waals surface area contributed by atoms with Gasteiger partial charge < -0.3 is 4.74 Å². The maximum Gasteiger partial charge on any atom is 0.229 e. The predicted octanol–water partition coefficient (Wildman–Crippen LogP) is 5.29. The van der Waals surface area contributed by atoms with Gasteiger partial charge in [-0.3, -0.25) is 9.69 Å². The highest BCUT2D eigenvalue weighted by Crippen LogP contribution is 2.34. The molecule has 1 saturated heterocycles. The molecule has 3 aromatic rings. The number of nitrogens with zero attached hydrogens (tertiary/aromatic N) is 2. The third-order valence-corrected chi connectivity index (χ3v) is 8.57. The van der Waals surface area contributed by atoms with E-state index in [9.17, 15) is 13.2 Å². The average molecular weight is 513 g/mol. The van der Waals surface area contributed by atoms with E-state index in [1.54, 1.807) is 4.90 Å². The number of ether oxygens (including phenoxy) is 1. The van der Waals surface area contributed by atoms with Crippen LogP contribution in [0.25, 0.3) is 10.2 Å². The van der Waals surface area contributed by atoms with Crippen molar-refractivity contribution in [2.75, 3.05) is 23.8 Å². The van der Waals surface area contributed by atoms with Gasteiger partial charge in [-0.15, -0.1) is 0 Å². The van der Waals surface area contributed by atoms with Crippen LogP contribution in [-0.2, 0) is 19.4 Å². The van der Waals surface area contributed by atoms with Gasteiger partial charge in [-0.2, -0.15) is 0 Å². The van der Waals surface area contributed by atoms with E-state index in [4.69, 9.17) is 27.9 Å². The number of hydrogen-bond acceptors (Lipinski definition) is 6. The molecule has 4 rings (SSSR count). The van der Waals surface area contributed by atoms with Gasteiger partial charge in [0.05, 0.1) is 33.5 Å². The molecule has 0 N–H and O–H groups in total. The molecule has 10 heteroatoms. The Hall–Kier alpha value is -1.71. The van der Waals surface area contributed by atoms with Gasteiger partial charge in [-0.25, -0.2) is 13.4 Å². The summed E-state index contributed by atoms with van der Waals surface area (Å²) in [6.07, 6.45) is 1.53. The Morgan fingerprint density at radius 1 is 1.22 bits per heavy atom. The van der Waals surface area contributed by atoms with Gasteiger partial charge in [-0.1, -0.05) is 34.5 Å². The lowest BCUT2D eigenvalue weighted by Crippen LogP contribution is -2.38. The lowest BCUT2D eigenvalue weighted by Gasteiger charge is -2.23. The number of carbonyl (C=O) groups excluding carboxylic acids is 1. The van der Waals surface area contributed by atoms with Crippen molar-refractivity contribution in [1.29, 1.82) is 0 Å². The number of fused-ring (bicyclic) bond motifs is 1. The monoisotopic (exact) mass is 512 g/mol. The molecule has 1 aliphatic rings. The second kappa shape index (κ2) is 9.65. The highest BCUT2D eigenvalue weighted by atomic mass is 35.5. The Bertz CT molecular complexity index is 1240. The SMILES string of the molecule is Cc1cc(Cl)cc2sc(N(CC3CCCO3)C(=O)CCS(=O)(=O)c3ccc(Cl)cc3)nc12. The minimum Gasteiger partial charge on any atom is -0.376 e. The summed E-state index contributed by atoms with van der Waals surface area (Å²) in [5.74, 6) is -0.605. The molecule has 0 bridgehead atoms. The topological polar surface area (TPSA) is 76.6 Å². The van der Waals surface area contributed by atoms with Crippen molar-refractivity contribution in [3.63, 3.8) is 0 Å². The number of hydrogen-bond donors (Lipinski definition) is 0. The zero-order chi connectivity index (χ0) is 22.9. The van der Waals surface area contributed by atoms with Crippen LogP contribution in [0.3, 0.4) is 0 Å². The first-order valence-corrected chi connectivity index (χ1v) is 13.4. The second-order valence-electron chi connectivity index (χ2n) is 7.73. The molecule has 0 spiro atoms. The predicted molar refractivity (Wildman–Crippen MR) is 129 cm³/mol. The largest absolute Gasteiger partial charge is 0.376 e. The summed E-state index contributed by atoms with van der Waals surface area (Å²) in [6.45, 7) is 2.92. The molecular formula is C22H22Cl2N2O4S2. The third kappa shape index (κ3) is 5.26. The molecule has 0 radical (unpaired) electrons. The summed E-state index contributed by atoms with van der Waals surface area (Å²) in [6, 6.07) is 9.60. The van der Waals surface area contributed by atoms with Gasteiger partial charge in [0.1, 0.15) is 0 Å². The Balaban J connectivity index is 1.58. The van der Waals surface area contributed by atoms with E-state index in [0.717, 1.165) is 28.6 Å². The zero-order valence-corrected chi connectivity index (χ0v) is 20.5. The fraction of sp³-hybridized carbons (Fsp3) is 0.364. The molecule has 2 aromatic carbocycles. The van der Waals surface area contributed by atoms with Crippen LogP contribution in [0.4, 0.5) is 5.13 Å². The number of thiazole rings is 1. The Kier molecular flexibility index (Phi) is 7.07. The smallest absolute Gasteiger partial charge is 0.229 e. The van der Waals surface area contributed by atoms with Gasteiger partial charge in [0.15, 0.2) is 15.0 Å². The minimum atomic E-state index is -3.62. The van der Waals surface area contributed by atoms with Crippen molar-refractivity contribution in [2.45, 2.75) is 37.2 Å². The highest BCUT2D eigenvalue weighted by molar-refractivity contribution is 7.91. The van der Waals surface area contributed by atoms with E-state index < -0.39 is 9.84 Å². The van der Waals surface area contributed by atoms with Gasteiger partial charge in [0.2, 0.25) is 5.91 Å². The molecule has 0 aliphatic carbocycles. The molecule has 1 fully saturated rings. The molecule has 1 unspecified atom stereocenters. The van der Waals surface area contributed by atoms with Crippen molar-refractivity contribution < 1.29 is 17.9 Å². The second-order valence-corrected chi connectivity index (χ2v) is 11.7. The molecule has 0 saturated carbocycles. The van der Waals surface area contributed by atoms with Crippen LogP contribution < -0.4 is 4.90 Å². The van der Waals surface area contributed by atoms with E-state index in [1.165, 1.54) is 35.6 Å². The Morgan fingerprint density at radius 3 is 2.66 bits per heavy atom. The number of amides is 1. The van der Waals surface area contributed by atoms with E-state index in [2.05, 4.69) is 4.98 Å². The van der Waals surface area contributed by atoms with Crippen molar-refractivity contribution >= 4 is 65.6 Å². The summed E-state index contributed by atoms with van der Waals surface area (Å²) >= 11 is 13.4. The van der Waals surface area contributed by atoms with E-state index >= 15 is 0 Å². The molecule has 1 aromatic heterocycles. The van der Waals surface area contributed by atoms with Crippen LogP contribution in [0.15, 0.2) is 41.3 Å². The van der Waals surface area contributed by atoms with Crippen LogP contribution in [0.1, 0.15) is 24.8 Å². The van der Waals surface area contributed by atoms with Crippen LogP contribution >= 0.6 is 34.5 Å². The maximum absolute atomic E-state index is 13.2. The van der Waals surface area contributed by atoms with Crippen molar-refractivity contribution in [3.05, 3.63) is 52.0 Å². The van der Waals surface area contributed by atoms with Gasteiger partial charge >= 0.3 is 0 Å². The van der Waals surface area contributed by atoms with Crippen LogP contribution in [0.5, 0.6) is 0 Å². The number of sulfone groups is 1. The van der Waals surface area contributed by atoms with Gasteiger partial charge in [0.25, 0.3) is 0 Å².